The van der Waals surface area contributed by atoms with E-state index in [4.69, 9.17) is 0 Å². The van der Waals surface area contributed by atoms with Gasteiger partial charge in [-0.2, -0.15) is 0 Å². The maximum atomic E-state index is 15.2. The molecule has 2 fully saturated rings. The molecule has 0 aliphatic heterocycles. The number of hydrogen-bond donors (Lipinski definition) is 0. The van der Waals surface area contributed by atoms with Gasteiger partial charge in [-0.1, -0.05) is 69.5 Å². The average Bonchev–Trinajstić information content (AvgIpc) is 2.90. The van der Waals surface area contributed by atoms with Gasteiger partial charge in [-0.05, 0) is 116 Å². The summed E-state index contributed by atoms with van der Waals surface area (Å²) in [4.78, 5) is 0. The van der Waals surface area contributed by atoms with Crippen molar-refractivity contribution < 1.29 is 13.2 Å². The third-order valence-electron chi connectivity index (χ3n) is 8.77. The van der Waals surface area contributed by atoms with E-state index in [0.717, 1.165) is 87.7 Å². The first-order chi connectivity index (χ1) is 17.5. The van der Waals surface area contributed by atoms with Crippen LogP contribution in [0.15, 0.2) is 36.4 Å². The molecule has 0 bridgehead atoms. The van der Waals surface area contributed by atoms with Crippen molar-refractivity contribution in [2.75, 3.05) is 0 Å². The van der Waals surface area contributed by atoms with Crippen LogP contribution >= 0.6 is 0 Å². The summed E-state index contributed by atoms with van der Waals surface area (Å²) in [7, 11) is 0. The zero-order chi connectivity index (χ0) is 25.5. The minimum Gasteiger partial charge on any atom is -0.207 e. The minimum absolute atomic E-state index is 0.0776. The van der Waals surface area contributed by atoms with Gasteiger partial charge < -0.3 is 0 Å². The molecule has 0 aromatic heterocycles. The van der Waals surface area contributed by atoms with Crippen LogP contribution in [0.25, 0.3) is 6.08 Å². The maximum Gasteiger partial charge on any atom is 0.162 e. The van der Waals surface area contributed by atoms with Crippen molar-refractivity contribution in [3.05, 3.63) is 76.1 Å². The van der Waals surface area contributed by atoms with E-state index < -0.39 is 11.6 Å². The number of allylic oxidation sites excluding steroid dienone is 1. The van der Waals surface area contributed by atoms with Crippen LogP contribution in [0.3, 0.4) is 0 Å². The Morgan fingerprint density at radius 3 is 1.92 bits per heavy atom. The summed E-state index contributed by atoms with van der Waals surface area (Å²) in [6.45, 7) is 4.33. The van der Waals surface area contributed by atoms with Gasteiger partial charge in [0.25, 0.3) is 0 Å². The van der Waals surface area contributed by atoms with E-state index in [-0.39, 0.29) is 17.7 Å². The summed E-state index contributed by atoms with van der Waals surface area (Å²) >= 11 is 0. The Bertz CT molecular complexity index is 1010. The minimum atomic E-state index is -0.610. The molecule has 0 amide bonds. The lowest BCUT2D eigenvalue weighted by Gasteiger charge is -2.30. The molecule has 0 saturated heterocycles. The molecular weight excluding hydrogens is 453 g/mol. The fourth-order valence-electron chi connectivity index (χ4n) is 6.49. The predicted octanol–water partition coefficient (Wildman–Crippen LogP) is 10.5. The van der Waals surface area contributed by atoms with E-state index in [9.17, 15) is 4.39 Å². The highest BCUT2D eigenvalue weighted by Crippen LogP contribution is 2.42. The molecule has 0 radical (unpaired) electrons. The monoisotopic (exact) mass is 496 g/mol. The lowest BCUT2D eigenvalue weighted by Crippen LogP contribution is -2.17. The summed E-state index contributed by atoms with van der Waals surface area (Å²) in [5.41, 5.74) is 2.83. The molecule has 2 aromatic rings. The molecule has 0 nitrogen and oxygen atoms in total. The summed E-state index contributed by atoms with van der Waals surface area (Å²) < 4.78 is 44.7. The Kier molecular flexibility index (Phi) is 9.73. The van der Waals surface area contributed by atoms with Crippen LogP contribution < -0.4 is 0 Å². The third kappa shape index (κ3) is 6.64. The van der Waals surface area contributed by atoms with Crippen LogP contribution in [0.1, 0.15) is 125 Å². The highest BCUT2D eigenvalue weighted by molar-refractivity contribution is 5.50. The van der Waals surface area contributed by atoms with Crippen molar-refractivity contribution in [1.29, 1.82) is 0 Å². The van der Waals surface area contributed by atoms with E-state index in [1.165, 1.54) is 12.8 Å². The number of rotatable bonds is 9. The molecule has 0 N–H and O–H groups in total. The summed E-state index contributed by atoms with van der Waals surface area (Å²) in [5.74, 6) is 0.0613. The molecule has 0 atom stereocenters. The normalized spacial score (nSPS) is 24.9. The quantitative estimate of drug-likeness (QED) is 0.324. The number of hydrogen-bond acceptors (Lipinski definition) is 0. The maximum absolute atomic E-state index is 15.2. The smallest absolute Gasteiger partial charge is 0.162 e. The lowest BCUT2D eigenvalue weighted by molar-refractivity contribution is 0.302. The molecule has 36 heavy (non-hydrogen) atoms. The highest BCUT2D eigenvalue weighted by atomic mass is 19.2. The molecule has 196 valence electrons. The molecule has 0 unspecified atom stereocenters. The second-order valence-corrected chi connectivity index (χ2v) is 11.3. The van der Waals surface area contributed by atoms with Gasteiger partial charge in [0.1, 0.15) is 5.82 Å². The Morgan fingerprint density at radius 2 is 1.36 bits per heavy atom. The van der Waals surface area contributed by atoms with E-state index in [1.807, 2.05) is 30.3 Å². The molecule has 0 spiro atoms. The predicted molar refractivity (Wildman–Crippen MR) is 145 cm³/mol. The van der Waals surface area contributed by atoms with Gasteiger partial charge in [0, 0.05) is 0 Å². The van der Waals surface area contributed by atoms with Crippen molar-refractivity contribution in [1.82, 2.24) is 0 Å². The van der Waals surface area contributed by atoms with Crippen molar-refractivity contribution in [3.63, 3.8) is 0 Å². The summed E-state index contributed by atoms with van der Waals surface area (Å²) in [6.07, 6.45) is 17.3. The zero-order valence-corrected chi connectivity index (χ0v) is 22.2. The standard InChI is InChI=1S/C33H43F3/c1-3-5-7-28-19-14-25(22-31(28)34)9-8-24-12-17-27(18-13-24)30-21-20-29(32(35)33(30)36)26-15-10-23(6-4-2)11-16-26/h8-9,14,19-24,26-27H,3-7,10-13,15-18H2,1-2H3. The number of halogens is 3. The Hall–Kier alpha value is -2.03. The fraction of sp³-hybridized carbons (Fsp3) is 0.576. The number of aryl methyl sites for hydroxylation is 1. The van der Waals surface area contributed by atoms with E-state index >= 15 is 8.78 Å². The highest BCUT2D eigenvalue weighted by Gasteiger charge is 2.29. The molecule has 0 heterocycles. The van der Waals surface area contributed by atoms with Crippen molar-refractivity contribution in [2.45, 2.75) is 109 Å². The molecule has 2 aromatic carbocycles. The average molecular weight is 497 g/mol. The number of unbranched alkanes of at least 4 members (excludes halogenated alkanes) is 1. The SMILES string of the molecule is CCCCc1ccc(C=CC2CCC(c3ccc(C4CCC(CCC)CC4)c(F)c3F)CC2)cc1F. The first-order valence-corrected chi connectivity index (χ1v) is 14.4. The van der Waals surface area contributed by atoms with Gasteiger partial charge >= 0.3 is 0 Å². The second kappa shape index (κ2) is 13.0. The van der Waals surface area contributed by atoms with Gasteiger partial charge in [-0.15, -0.1) is 0 Å². The van der Waals surface area contributed by atoms with E-state index in [0.29, 0.717) is 17.0 Å². The molecule has 2 saturated carbocycles. The number of benzene rings is 2. The molecule has 3 heteroatoms. The third-order valence-corrected chi connectivity index (χ3v) is 8.77. The molecule has 4 rings (SSSR count). The first kappa shape index (κ1) is 27.0. The molecule has 2 aliphatic rings. The van der Waals surface area contributed by atoms with Crippen molar-refractivity contribution in [3.8, 4) is 0 Å². The van der Waals surface area contributed by atoms with E-state index in [1.54, 1.807) is 6.07 Å². The Balaban J connectivity index is 1.33. The van der Waals surface area contributed by atoms with Crippen molar-refractivity contribution >= 4 is 6.08 Å². The summed E-state index contributed by atoms with van der Waals surface area (Å²) in [5, 5.41) is 0. The van der Waals surface area contributed by atoms with Gasteiger partial charge in [-0.25, -0.2) is 13.2 Å². The Morgan fingerprint density at radius 1 is 0.750 bits per heavy atom. The Labute approximate surface area is 216 Å². The van der Waals surface area contributed by atoms with Gasteiger partial charge in [0.2, 0.25) is 0 Å². The van der Waals surface area contributed by atoms with Crippen LogP contribution in [0.2, 0.25) is 0 Å². The zero-order valence-electron chi connectivity index (χ0n) is 22.2. The van der Waals surface area contributed by atoms with Crippen LogP contribution in [-0.4, -0.2) is 0 Å². The van der Waals surface area contributed by atoms with Gasteiger partial charge in [-0.3, -0.25) is 0 Å². The van der Waals surface area contributed by atoms with Gasteiger partial charge in [0.15, 0.2) is 11.6 Å². The van der Waals surface area contributed by atoms with Gasteiger partial charge in [0.05, 0.1) is 0 Å². The second-order valence-electron chi connectivity index (χ2n) is 11.3. The first-order valence-electron chi connectivity index (χ1n) is 14.4. The molecular formula is C33H43F3. The topological polar surface area (TPSA) is 0 Å². The molecule has 2 aliphatic carbocycles. The fourth-order valence-corrected chi connectivity index (χ4v) is 6.49. The van der Waals surface area contributed by atoms with Crippen molar-refractivity contribution in [2.24, 2.45) is 11.8 Å². The van der Waals surface area contributed by atoms with Crippen LogP contribution in [0.4, 0.5) is 13.2 Å². The lowest BCUT2D eigenvalue weighted by atomic mass is 9.75. The van der Waals surface area contributed by atoms with Crippen LogP contribution in [-0.2, 0) is 6.42 Å². The van der Waals surface area contributed by atoms with Crippen LogP contribution in [0.5, 0.6) is 0 Å². The summed E-state index contributed by atoms with van der Waals surface area (Å²) in [6, 6.07) is 9.27. The van der Waals surface area contributed by atoms with Crippen LogP contribution in [0, 0.1) is 29.3 Å². The van der Waals surface area contributed by atoms with E-state index in [2.05, 4.69) is 19.9 Å². The largest absolute Gasteiger partial charge is 0.207 e.